The topological polar surface area (TPSA) is 3.24 Å². The fourth-order valence-electron chi connectivity index (χ4n) is 2.92. The van der Waals surface area contributed by atoms with Gasteiger partial charge < -0.3 is 0 Å². The maximum atomic E-state index is 2.62. The molecule has 2 heteroatoms. The first-order valence-electron chi connectivity index (χ1n) is 7.22. The minimum absolute atomic E-state index is 0.571. The highest BCUT2D eigenvalue weighted by molar-refractivity contribution is 7.10. The van der Waals surface area contributed by atoms with Crippen LogP contribution in [0.5, 0.6) is 0 Å². The number of hydrogen-bond acceptors (Lipinski definition) is 2. The summed E-state index contributed by atoms with van der Waals surface area (Å²) < 4.78 is 0. The average molecular weight is 271 g/mol. The van der Waals surface area contributed by atoms with E-state index in [-0.39, 0.29) is 0 Å². The maximum Gasteiger partial charge on any atom is 0.0314 e. The van der Waals surface area contributed by atoms with Gasteiger partial charge in [0.15, 0.2) is 0 Å². The molecule has 1 aliphatic heterocycles. The molecule has 2 heterocycles. The molecular formula is C17H21NS. The Hall–Kier alpha value is -1.12. The van der Waals surface area contributed by atoms with E-state index in [4.69, 9.17) is 0 Å². The van der Waals surface area contributed by atoms with Gasteiger partial charge in [-0.2, -0.15) is 0 Å². The van der Waals surface area contributed by atoms with Crippen LogP contribution < -0.4 is 0 Å². The molecule has 0 saturated carbocycles. The number of thiophene rings is 1. The van der Waals surface area contributed by atoms with E-state index in [9.17, 15) is 0 Å². The van der Waals surface area contributed by atoms with Gasteiger partial charge in [-0.15, -0.1) is 11.3 Å². The molecule has 1 aromatic heterocycles. The van der Waals surface area contributed by atoms with Gasteiger partial charge in [0.1, 0.15) is 0 Å². The smallest absolute Gasteiger partial charge is 0.0314 e. The van der Waals surface area contributed by atoms with Crippen molar-refractivity contribution in [3.8, 4) is 0 Å². The highest BCUT2D eigenvalue weighted by Gasteiger charge is 2.27. The lowest BCUT2D eigenvalue weighted by atomic mass is 9.91. The molecule has 0 radical (unpaired) electrons. The third kappa shape index (κ3) is 2.75. The van der Waals surface area contributed by atoms with Crippen molar-refractivity contribution < 1.29 is 0 Å². The van der Waals surface area contributed by atoms with Gasteiger partial charge in [0.25, 0.3) is 0 Å². The molecule has 0 fully saturated rings. The molecule has 1 aliphatic rings. The summed E-state index contributed by atoms with van der Waals surface area (Å²) >= 11 is 1.93. The van der Waals surface area contributed by atoms with Crippen LogP contribution in [0.1, 0.15) is 41.7 Å². The zero-order valence-electron chi connectivity index (χ0n) is 11.5. The molecule has 1 nitrogen and oxygen atoms in total. The van der Waals surface area contributed by atoms with Crippen molar-refractivity contribution in [1.82, 2.24) is 4.90 Å². The monoisotopic (exact) mass is 271 g/mol. The van der Waals surface area contributed by atoms with Crippen LogP contribution in [0.15, 0.2) is 41.8 Å². The Morgan fingerprint density at radius 1 is 1.21 bits per heavy atom. The van der Waals surface area contributed by atoms with Crippen molar-refractivity contribution >= 4 is 11.3 Å². The van der Waals surface area contributed by atoms with E-state index < -0.39 is 0 Å². The van der Waals surface area contributed by atoms with Gasteiger partial charge in [0.2, 0.25) is 0 Å². The lowest BCUT2D eigenvalue weighted by Gasteiger charge is -2.33. The zero-order valence-corrected chi connectivity index (χ0v) is 12.3. The zero-order chi connectivity index (χ0) is 13.1. The van der Waals surface area contributed by atoms with Crippen LogP contribution in [0.4, 0.5) is 0 Å². The molecule has 1 atom stereocenters. The third-order valence-corrected chi connectivity index (χ3v) is 5.03. The van der Waals surface area contributed by atoms with Crippen LogP contribution in [0.3, 0.4) is 0 Å². The largest absolute Gasteiger partial charge is 0.298 e. The Balaban J connectivity index is 1.87. The number of rotatable bonds is 4. The highest BCUT2D eigenvalue weighted by Crippen LogP contribution is 2.36. The first-order chi connectivity index (χ1) is 9.38. The minimum Gasteiger partial charge on any atom is -0.298 e. The normalized spacial score (nSPS) is 19.3. The average Bonchev–Trinajstić information content (AvgIpc) is 2.93. The predicted molar refractivity (Wildman–Crippen MR) is 82.8 cm³/mol. The minimum atomic E-state index is 0.571. The van der Waals surface area contributed by atoms with E-state index >= 15 is 0 Å². The fraction of sp³-hybridized carbons (Fsp3) is 0.412. The van der Waals surface area contributed by atoms with E-state index in [1.165, 1.54) is 31.5 Å². The Morgan fingerprint density at radius 3 is 2.84 bits per heavy atom. The molecular weight excluding hydrogens is 250 g/mol. The number of fused-ring (bicyclic) bond motifs is 1. The second-order valence-electron chi connectivity index (χ2n) is 5.36. The lowest BCUT2D eigenvalue weighted by molar-refractivity contribution is 0.239. The molecule has 2 aromatic rings. The van der Waals surface area contributed by atoms with Gasteiger partial charge in [0.05, 0.1) is 0 Å². The molecule has 1 aromatic carbocycles. The van der Waals surface area contributed by atoms with Crippen molar-refractivity contribution in [1.29, 1.82) is 0 Å². The van der Waals surface area contributed by atoms with E-state index in [0.29, 0.717) is 5.92 Å². The molecule has 0 N–H and O–H groups in total. The third-order valence-electron chi connectivity index (χ3n) is 3.96. The summed E-state index contributed by atoms with van der Waals surface area (Å²) in [5.41, 5.74) is 3.01. The quantitative estimate of drug-likeness (QED) is 0.791. The van der Waals surface area contributed by atoms with Gasteiger partial charge in [-0.3, -0.25) is 4.90 Å². The van der Waals surface area contributed by atoms with Crippen molar-refractivity contribution in [2.45, 2.75) is 32.2 Å². The summed E-state index contributed by atoms with van der Waals surface area (Å²) in [5, 5.41) is 2.25. The number of hydrogen-bond donors (Lipinski definition) is 0. The van der Waals surface area contributed by atoms with Crippen molar-refractivity contribution in [2.24, 2.45) is 0 Å². The molecule has 0 amide bonds. The summed E-state index contributed by atoms with van der Waals surface area (Å²) in [6.07, 6.45) is 2.59. The molecule has 0 aliphatic carbocycles. The lowest BCUT2D eigenvalue weighted by Crippen LogP contribution is -2.33. The van der Waals surface area contributed by atoms with E-state index in [1.54, 1.807) is 10.4 Å². The van der Waals surface area contributed by atoms with Crippen LogP contribution in [0.2, 0.25) is 0 Å². The highest BCUT2D eigenvalue weighted by atomic mass is 32.1. The first-order valence-corrected chi connectivity index (χ1v) is 8.10. The molecule has 100 valence electrons. The Kier molecular flexibility index (Phi) is 4.00. The second-order valence-corrected chi connectivity index (χ2v) is 6.31. The molecule has 19 heavy (non-hydrogen) atoms. The standard InChI is InChI=1S/C17H21NS/c1-2-3-10-18-12-15-9-11-19-17(15)16(13-18)14-7-5-4-6-8-14/h4-9,11,16H,2-3,10,12-13H2,1H3. The Bertz CT molecular complexity index is 517. The number of nitrogens with zero attached hydrogens (tertiary/aromatic N) is 1. The van der Waals surface area contributed by atoms with Crippen LogP contribution >= 0.6 is 11.3 Å². The van der Waals surface area contributed by atoms with Gasteiger partial charge in [-0.05, 0) is 35.5 Å². The SMILES string of the molecule is CCCCN1Cc2ccsc2C(c2ccccc2)C1. The van der Waals surface area contributed by atoms with Gasteiger partial charge in [0, 0.05) is 23.9 Å². The summed E-state index contributed by atoms with van der Waals surface area (Å²) in [7, 11) is 0. The van der Waals surface area contributed by atoms with Gasteiger partial charge in [-0.1, -0.05) is 43.7 Å². The fourth-order valence-corrected chi connectivity index (χ4v) is 3.96. The molecule has 3 rings (SSSR count). The van der Waals surface area contributed by atoms with Crippen molar-refractivity contribution in [3.63, 3.8) is 0 Å². The van der Waals surface area contributed by atoms with Crippen molar-refractivity contribution in [2.75, 3.05) is 13.1 Å². The van der Waals surface area contributed by atoms with Crippen LogP contribution in [-0.2, 0) is 6.54 Å². The summed E-state index contributed by atoms with van der Waals surface area (Å²) in [6.45, 7) is 5.82. The Morgan fingerprint density at radius 2 is 2.05 bits per heavy atom. The van der Waals surface area contributed by atoms with Gasteiger partial charge in [-0.25, -0.2) is 0 Å². The first kappa shape index (κ1) is 12.9. The number of benzene rings is 1. The van der Waals surface area contributed by atoms with Crippen molar-refractivity contribution in [3.05, 3.63) is 57.8 Å². The molecule has 0 saturated heterocycles. The number of unbranched alkanes of at least 4 members (excludes halogenated alkanes) is 1. The van der Waals surface area contributed by atoms with E-state index in [1.807, 2.05) is 11.3 Å². The predicted octanol–water partition coefficient (Wildman–Crippen LogP) is 4.50. The second kappa shape index (κ2) is 5.89. The Labute approximate surface area is 119 Å². The van der Waals surface area contributed by atoms with E-state index in [0.717, 1.165) is 6.54 Å². The van der Waals surface area contributed by atoms with Crippen LogP contribution in [0.25, 0.3) is 0 Å². The summed E-state index contributed by atoms with van der Waals surface area (Å²) in [6, 6.07) is 13.3. The van der Waals surface area contributed by atoms with Crippen LogP contribution in [0, 0.1) is 0 Å². The molecule has 0 bridgehead atoms. The van der Waals surface area contributed by atoms with Gasteiger partial charge >= 0.3 is 0 Å². The van der Waals surface area contributed by atoms with Crippen LogP contribution in [-0.4, -0.2) is 18.0 Å². The van der Waals surface area contributed by atoms with E-state index in [2.05, 4.69) is 53.6 Å². The molecule has 0 spiro atoms. The maximum absolute atomic E-state index is 2.62. The summed E-state index contributed by atoms with van der Waals surface area (Å²) in [5.74, 6) is 0.571. The summed E-state index contributed by atoms with van der Waals surface area (Å²) in [4.78, 5) is 4.20. The molecule has 1 unspecified atom stereocenters.